The normalized spacial score (nSPS) is 17.9. The first-order chi connectivity index (χ1) is 10.3. The number of hydrogen-bond acceptors (Lipinski definition) is 2. The van der Waals surface area contributed by atoms with Gasteiger partial charge in [0, 0.05) is 10.7 Å². The third kappa shape index (κ3) is 3.23. The fraction of sp³-hybridized carbons (Fsp3) is 0.375. The third-order valence-electron chi connectivity index (χ3n) is 4.25. The fourth-order valence-electron chi connectivity index (χ4n) is 3.11. The molecule has 112 valence electrons. The van der Waals surface area contributed by atoms with E-state index in [4.69, 9.17) is 16.0 Å². The number of hydrogen-bond donors (Lipinski definition) is 2. The molecule has 1 aromatic carbocycles. The number of quaternary nitrogens is 2. The highest BCUT2D eigenvalue weighted by Gasteiger charge is 2.30. The van der Waals surface area contributed by atoms with Gasteiger partial charge in [0.05, 0.1) is 32.4 Å². The molecule has 0 bridgehead atoms. The molecule has 3 rings (SSSR count). The molecule has 4 N–H and O–H groups in total. The molecular weight excluding hydrogens is 286 g/mol. The molecule has 1 aromatic heterocycles. The SMILES string of the molecule is [NH3+]C[C@@H](c1ccco1)[NH+]1CCN(c2cccc(Cl)c2)CC1. The minimum Gasteiger partial charge on any atom is -0.463 e. The summed E-state index contributed by atoms with van der Waals surface area (Å²) in [4.78, 5) is 3.95. The van der Waals surface area contributed by atoms with E-state index < -0.39 is 0 Å². The van der Waals surface area contributed by atoms with Gasteiger partial charge in [-0.15, -0.1) is 0 Å². The van der Waals surface area contributed by atoms with E-state index in [1.165, 1.54) is 5.69 Å². The number of furan rings is 1. The summed E-state index contributed by atoms with van der Waals surface area (Å²) >= 11 is 6.08. The van der Waals surface area contributed by atoms with Crippen LogP contribution in [0.1, 0.15) is 11.8 Å². The molecule has 0 aliphatic carbocycles. The lowest BCUT2D eigenvalue weighted by molar-refractivity contribution is -0.939. The van der Waals surface area contributed by atoms with Crippen LogP contribution in [0.15, 0.2) is 47.1 Å². The zero-order valence-electron chi connectivity index (χ0n) is 12.1. The minimum atomic E-state index is 0.363. The zero-order valence-corrected chi connectivity index (χ0v) is 12.9. The average molecular weight is 308 g/mol. The Bertz CT molecular complexity index is 565. The first kappa shape index (κ1) is 14.4. The molecule has 0 saturated carbocycles. The van der Waals surface area contributed by atoms with Crippen molar-refractivity contribution in [2.24, 2.45) is 0 Å². The monoisotopic (exact) mass is 307 g/mol. The molecule has 1 atom stereocenters. The largest absolute Gasteiger partial charge is 0.463 e. The quantitative estimate of drug-likeness (QED) is 0.870. The second-order valence-electron chi connectivity index (χ2n) is 5.48. The Labute approximate surface area is 130 Å². The van der Waals surface area contributed by atoms with Crippen LogP contribution in [-0.2, 0) is 0 Å². The molecular formula is C16H22ClN3O+2. The van der Waals surface area contributed by atoms with Crippen LogP contribution in [0.25, 0.3) is 0 Å². The van der Waals surface area contributed by atoms with Crippen molar-refractivity contribution in [2.75, 3.05) is 37.6 Å². The van der Waals surface area contributed by atoms with E-state index in [2.05, 4.69) is 22.8 Å². The fourth-order valence-corrected chi connectivity index (χ4v) is 3.30. The summed E-state index contributed by atoms with van der Waals surface area (Å²) in [5.41, 5.74) is 5.31. The van der Waals surface area contributed by atoms with E-state index in [9.17, 15) is 0 Å². The van der Waals surface area contributed by atoms with Gasteiger partial charge in [-0.05, 0) is 30.3 Å². The number of anilines is 1. The van der Waals surface area contributed by atoms with Crippen molar-refractivity contribution in [3.63, 3.8) is 0 Å². The van der Waals surface area contributed by atoms with Gasteiger partial charge in [-0.1, -0.05) is 17.7 Å². The van der Waals surface area contributed by atoms with Gasteiger partial charge in [-0.2, -0.15) is 0 Å². The van der Waals surface area contributed by atoms with Crippen molar-refractivity contribution >= 4 is 17.3 Å². The highest BCUT2D eigenvalue weighted by molar-refractivity contribution is 6.30. The molecule has 1 saturated heterocycles. The van der Waals surface area contributed by atoms with Gasteiger partial charge in [0.15, 0.2) is 11.8 Å². The van der Waals surface area contributed by atoms with Crippen LogP contribution < -0.4 is 15.5 Å². The summed E-state index contributed by atoms with van der Waals surface area (Å²) in [6.07, 6.45) is 1.75. The molecule has 1 fully saturated rings. The minimum absolute atomic E-state index is 0.363. The van der Waals surface area contributed by atoms with Crippen LogP contribution in [0.2, 0.25) is 5.02 Å². The van der Waals surface area contributed by atoms with Crippen LogP contribution in [-0.4, -0.2) is 32.7 Å². The van der Waals surface area contributed by atoms with Crippen molar-refractivity contribution in [3.05, 3.63) is 53.4 Å². The summed E-state index contributed by atoms with van der Waals surface area (Å²) < 4.78 is 5.58. The van der Waals surface area contributed by atoms with Crippen molar-refractivity contribution in [3.8, 4) is 0 Å². The van der Waals surface area contributed by atoms with Crippen LogP contribution in [0.5, 0.6) is 0 Å². The highest BCUT2D eigenvalue weighted by Crippen LogP contribution is 2.19. The standard InChI is InChI=1S/C16H20ClN3O/c17-13-3-1-4-14(11-13)19-6-8-20(9-7-19)15(12-18)16-5-2-10-21-16/h1-5,10-11,15H,6-9,12,18H2/p+2/t15-/m0/s1. The van der Waals surface area contributed by atoms with E-state index in [0.717, 1.165) is 43.5 Å². The maximum Gasteiger partial charge on any atom is 0.195 e. The van der Waals surface area contributed by atoms with Gasteiger partial charge in [-0.25, -0.2) is 0 Å². The first-order valence-electron chi connectivity index (χ1n) is 7.45. The van der Waals surface area contributed by atoms with E-state index in [-0.39, 0.29) is 0 Å². The number of nitrogens with zero attached hydrogens (tertiary/aromatic N) is 1. The topological polar surface area (TPSA) is 48.5 Å². The average Bonchev–Trinajstić information content (AvgIpc) is 3.03. The lowest BCUT2D eigenvalue weighted by Crippen LogP contribution is -3.16. The van der Waals surface area contributed by atoms with Gasteiger partial charge in [0.1, 0.15) is 6.54 Å². The van der Waals surface area contributed by atoms with Gasteiger partial charge in [0.2, 0.25) is 0 Å². The molecule has 0 spiro atoms. The van der Waals surface area contributed by atoms with Gasteiger partial charge in [-0.3, -0.25) is 0 Å². The van der Waals surface area contributed by atoms with E-state index in [1.807, 2.05) is 24.3 Å². The number of benzene rings is 1. The Morgan fingerprint density at radius 3 is 2.67 bits per heavy atom. The Kier molecular flexibility index (Phi) is 4.48. The van der Waals surface area contributed by atoms with Gasteiger partial charge >= 0.3 is 0 Å². The van der Waals surface area contributed by atoms with Crippen LogP contribution in [0, 0.1) is 0 Å². The lowest BCUT2D eigenvalue weighted by Gasteiger charge is -2.36. The summed E-state index contributed by atoms with van der Waals surface area (Å²) in [7, 11) is 0. The third-order valence-corrected chi connectivity index (χ3v) is 4.48. The van der Waals surface area contributed by atoms with Crippen molar-refractivity contribution in [1.29, 1.82) is 0 Å². The maximum absolute atomic E-state index is 6.08. The smallest absolute Gasteiger partial charge is 0.195 e. The van der Waals surface area contributed by atoms with Gasteiger partial charge in [0.25, 0.3) is 0 Å². The first-order valence-corrected chi connectivity index (χ1v) is 7.83. The summed E-state index contributed by atoms with van der Waals surface area (Å²) in [5.74, 6) is 1.05. The van der Waals surface area contributed by atoms with Gasteiger partial charge < -0.3 is 20.0 Å². The Morgan fingerprint density at radius 1 is 1.24 bits per heavy atom. The number of halogens is 1. The lowest BCUT2D eigenvalue weighted by atomic mass is 10.1. The van der Waals surface area contributed by atoms with E-state index in [1.54, 1.807) is 11.2 Å². The Morgan fingerprint density at radius 2 is 2.05 bits per heavy atom. The zero-order chi connectivity index (χ0) is 14.7. The molecule has 21 heavy (non-hydrogen) atoms. The molecule has 0 unspecified atom stereocenters. The highest BCUT2D eigenvalue weighted by atomic mass is 35.5. The summed E-state index contributed by atoms with van der Waals surface area (Å²) in [6, 6.07) is 12.5. The van der Waals surface area contributed by atoms with E-state index in [0.29, 0.717) is 6.04 Å². The van der Waals surface area contributed by atoms with E-state index >= 15 is 0 Å². The maximum atomic E-state index is 6.08. The van der Waals surface area contributed by atoms with Crippen LogP contribution >= 0.6 is 11.6 Å². The Hall–Kier alpha value is -1.49. The number of rotatable bonds is 4. The molecule has 2 aromatic rings. The number of piperazine rings is 1. The predicted molar refractivity (Wildman–Crippen MR) is 83.6 cm³/mol. The predicted octanol–water partition coefficient (Wildman–Crippen LogP) is 0.621. The van der Waals surface area contributed by atoms with Crippen LogP contribution in [0.4, 0.5) is 5.69 Å². The summed E-state index contributed by atoms with van der Waals surface area (Å²) in [5, 5.41) is 0.800. The molecule has 1 aliphatic rings. The van der Waals surface area contributed by atoms with Crippen molar-refractivity contribution in [2.45, 2.75) is 6.04 Å². The van der Waals surface area contributed by atoms with Crippen molar-refractivity contribution in [1.82, 2.24) is 0 Å². The van der Waals surface area contributed by atoms with Crippen LogP contribution in [0.3, 0.4) is 0 Å². The Balaban J connectivity index is 1.64. The summed E-state index contributed by atoms with van der Waals surface area (Å²) in [6.45, 7) is 5.11. The second-order valence-corrected chi connectivity index (χ2v) is 5.92. The molecule has 1 aliphatic heterocycles. The van der Waals surface area contributed by atoms with Crippen molar-refractivity contribution < 1.29 is 15.1 Å². The molecule has 5 heteroatoms. The number of nitrogens with one attached hydrogen (secondary N) is 1. The second kappa shape index (κ2) is 6.52. The molecule has 0 amide bonds. The molecule has 2 heterocycles. The molecule has 4 nitrogen and oxygen atoms in total. The molecule has 0 radical (unpaired) electrons.